The highest BCUT2D eigenvalue weighted by Gasteiger charge is 2.26. The molecule has 1 aromatic carbocycles. The van der Waals surface area contributed by atoms with Crippen LogP contribution in [0.15, 0.2) is 24.3 Å². The molecule has 92 valence electrons. The van der Waals surface area contributed by atoms with Gasteiger partial charge in [-0.25, -0.2) is 4.79 Å². The van der Waals surface area contributed by atoms with Crippen molar-refractivity contribution in [2.75, 3.05) is 6.54 Å². The van der Waals surface area contributed by atoms with Crippen LogP contribution in [0.1, 0.15) is 43.0 Å². The molecule has 0 saturated heterocycles. The predicted octanol–water partition coefficient (Wildman–Crippen LogP) is 1.87. The van der Waals surface area contributed by atoms with Crippen LogP contribution in [-0.4, -0.2) is 17.7 Å². The fraction of sp³-hybridized carbons (Fsp3) is 0.462. The third kappa shape index (κ3) is 2.58. The number of hydrogen-bond acceptors (Lipinski definition) is 2. The number of benzene rings is 1. The van der Waals surface area contributed by atoms with Gasteiger partial charge < -0.3 is 15.7 Å². The van der Waals surface area contributed by atoms with Gasteiger partial charge in [-0.2, -0.15) is 0 Å². The number of urea groups is 1. The maximum atomic E-state index is 11.5. The van der Waals surface area contributed by atoms with E-state index in [-0.39, 0.29) is 12.1 Å². The molecule has 17 heavy (non-hydrogen) atoms. The molecule has 1 aliphatic carbocycles. The molecular formula is C13H18N2O2. The molecule has 1 aliphatic rings. The minimum Gasteiger partial charge on any atom is -0.388 e. The Labute approximate surface area is 101 Å². The molecule has 2 atom stereocenters. The van der Waals surface area contributed by atoms with Crippen molar-refractivity contribution in [3.8, 4) is 0 Å². The molecule has 0 aromatic heterocycles. The van der Waals surface area contributed by atoms with Gasteiger partial charge in [0.1, 0.15) is 0 Å². The summed E-state index contributed by atoms with van der Waals surface area (Å²) < 4.78 is 0. The van der Waals surface area contributed by atoms with E-state index in [1.807, 2.05) is 31.2 Å². The molecule has 0 saturated carbocycles. The monoisotopic (exact) mass is 234 g/mol. The van der Waals surface area contributed by atoms with Gasteiger partial charge in [-0.15, -0.1) is 0 Å². The average molecular weight is 234 g/mol. The molecule has 0 fully saturated rings. The normalized spacial score (nSPS) is 22.7. The molecule has 0 heterocycles. The van der Waals surface area contributed by atoms with Crippen LogP contribution in [0.25, 0.3) is 0 Å². The third-order valence-electron chi connectivity index (χ3n) is 3.10. The van der Waals surface area contributed by atoms with E-state index in [0.717, 1.165) is 17.5 Å². The number of carbonyl (C=O) groups is 1. The van der Waals surface area contributed by atoms with Gasteiger partial charge >= 0.3 is 6.03 Å². The quantitative estimate of drug-likeness (QED) is 0.731. The van der Waals surface area contributed by atoms with Crippen LogP contribution in [0.3, 0.4) is 0 Å². The lowest BCUT2D eigenvalue weighted by molar-refractivity contribution is 0.147. The highest BCUT2D eigenvalue weighted by Crippen LogP contribution is 2.35. The van der Waals surface area contributed by atoms with E-state index in [2.05, 4.69) is 10.6 Å². The summed E-state index contributed by atoms with van der Waals surface area (Å²) in [5.41, 5.74) is 1.96. The van der Waals surface area contributed by atoms with Gasteiger partial charge in [-0.1, -0.05) is 24.3 Å². The van der Waals surface area contributed by atoms with Gasteiger partial charge in [0.05, 0.1) is 12.1 Å². The number of fused-ring (bicyclic) bond motifs is 1. The van der Waals surface area contributed by atoms with Crippen molar-refractivity contribution in [3.63, 3.8) is 0 Å². The van der Waals surface area contributed by atoms with Crippen LogP contribution in [0, 0.1) is 0 Å². The van der Waals surface area contributed by atoms with Crippen LogP contribution in [0.4, 0.5) is 4.79 Å². The van der Waals surface area contributed by atoms with Crippen molar-refractivity contribution in [1.82, 2.24) is 10.6 Å². The lowest BCUT2D eigenvalue weighted by Gasteiger charge is -2.29. The summed E-state index contributed by atoms with van der Waals surface area (Å²) in [6, 6.07) is 7.59. The van der Waals surface area contributed by atoms with Gasteiger partial charge in [0.15, 0.2) is 0 Å². The van der Waals surface area contributed by atoms with Crippen molar-refractivity contribution in [3.05, 3.63) is 35.4 Å². The van der Waals surface area contributed by atoms with Crippen LogP contribution >= 0.6 is 0 Å². The predicted molar refractivity (Wildman–Crippen MR) is 65.6 cm³/mol. The van der Waals surface area contributed by atoms with Crippen LogP contribution in [-0.2, 0) is 0 Å². The van der Waals surface area contributed by atoms with E-state index < -0.39 is 6.10 Å². The first-order chi connectivity index (χ1) is 8.22. The molecule has 0 bridgehead atoms. The average Bonchev–Trinajstić information content (AvgIpc) is 2.34. The molecule has 2 amide bonds. The minimum atomic E-state index is -0.404. The van der Waals surface area contributed by atoms with E-state index in [4.69, 9.17) is 0 Å². The summed E-state index contributed by atoms with van der Waals surface area (Å²) in [5, 5.41) is 15.5. The maximum absolute atomic E-state index is 11.5. The highest BCUT2D eigenvalue weighted by atomic mass is 16.3. The van der Waals surface area contributed by atoms with Gasteiger partial charge in [0, 0.05) is 6.54 Å². The molecule has 2 rings (SSSR count). The summed E-state index contributed by atoms with van der Waals surface area (Å²) >= 11 is 0. The summed E-state index contributed by atoms with van der Waals surface area (Å²) in [5.74, 6) is 0. The zero-order valence-electron chi connectivity index (χ0n) is 9.94. The second kappa shape index (κ2) is 5.19. The van der Waals surface area contributed by atoms with Crippen LogP contribution < -0.4 is 10.6 Å². The Kier molecular flexibility index (Phi) is 3.64. The Morgan fingerprint density at radius 2 is 2.06 bits per heavy atom. The standard InChI is InChI=1S/C13H18N2O2/c1-2-14-13(17)15-11-7-8-12(16)10-6-4-3-5-9(10)11/h3-6,11-12,16H,2,7-8H2,1H3,(H2,14,15,17)/t11-,12-/m0/s1. The SMILES string of the molecule is CCNC(=O)N[C@H]1CC[C@H](O)c2ccccc21. The fourth-order valence-corrected chi connectivity index (χ4v) is 2.29. The molecule has 4 heteroatoms. The Balaban J connectivity index is 2.16. The Morgan fingerprint density at radius 1 is 1.35 bits per heavy atom. The van der Waals surface area contributed by atoms with Gasteiger partial charge in [-0.3, -0.25) is 0 Å². The lowest BCUT2D eigenvalue weighted by atomic mass is 9.86. The molecule has 0 spiro atoms. The van der Waals surface area contributed by atoms with E-state index in [1.54, 1.807) is 0 Å². The molecule has 0 radical (unpaired) electrons. The third-order valence-corrected chi connectivity index (χ3v) is 3.10. The molecular weight excluding hydrogens is 216 g/mol. The first-order valence-electron chi connectivity index (χ1n) is 6.03. The van der Waals surface area contributed by atoms with Gasteiger partial charge in [0.2, 0.25) is 0 Å². The minimum absolute atomic E-state index is 0.00106. The largest absolute Gasteiger partial charge is 0.388 e. The lowest BCUT2D eigenvalue weighted by Crippen LogP contribution is -2.39. The zero-order chi connectivity index (χ0) is 12.3. The van der Waals surface area contributed by atoms with E-state index >= 15 is 0 Å². The summed E-state index contributed by atoms with van der Waals surface area (Å²) in [4.78, 5) is 11.5. The number of nitrogens with one attached hydrogen (secondary N) is 2. The van der Waals surface area contributed by atoms with E-state index in [9.17, 15) is 9.90 Å². The summed E-state index contributed by atoms with van der Waals surface area (Å²) in [6.45, 7) is 2.50. The second-order valence-corrected chi connectivity index (χ2v) is 4.28. The van der Waals surface area contributed by atoms with Crippen molar-refractivity contribution >= 4 is 6.03 Å². The van der Waals surface area contributed by atoms with Crippen molar-refractivity contribution in [2.45, 2.75) is 31.9 Å². The first-order valence-corrected chi connectivity index (χ1v) is 6.03. The number of rotatable bonds is 2. The van der Waals surface area contributed by atoms with Crippen molar-refractivity contribution in [1.29, 1.82) is 0 Å². The number of aliphatic hydroxyl groups is 1. The van der Waals surface area contributed by atoms with Crippen molar-refractivity contribution < 1.29 is 9.90 Å². The Morgan fingerprint density at radius 3 is 2.76 bits per heavy atom. The van der Waals surface area contributed by atoms with Crippen LogP contribution in [0.2, 0.25) is 0 Å². The van der Waals surface area contributed by atoms with Crippen LogP contribution in [0.5, 0.6) is 0 Å². The zero-order valence-corrected chi connectivity index (χ0v) is 9.94. The number of hydrogen-bond donors (Lipinski definition) is 3. The molecule has 1 aromatic rings. The van der Waals surface area contributed by atoms with Gasteiger partial charge in [-0.05, 0) is 30.9 Å². The highest BCUT2D eigenvalue weighted by molar-refractivity contribution is 5.74. The fourth-order valence-electron chi connectivity index (χ4n) is 2.29. The Hall–Kier alpha value is -1.55. The number of carbonyl (C=O) groups excluding carboxylic acids is 1. The second-order valence-electron chi connectivity index (χ2n) is 4.28. The topological polar surface area (TPSA) is 61.4 Å². The summed E-state index contributed by atoms with van der Waals surface area (Å²) in [7, 11) is 0. The molecule has 4 nitrogen and oxygen atoms in total. The van der Waals surface area contributed by atoms with E-state index in [0.29, 0.717) is 13.0 Å². The number of aliphatic hydroxyl groups excluding tert-OH is 1. The van der Waals surface area contributed by atoms with E-state index in [1.165, 1.54) is 0 Å². The number of amides is 2. The van der Waals surface area contributed by atoms with Crippen molar-refractivity contribution in [2.24, 2.45) is 0 Å². The first kappa shape index (κ1) is 11.9. The Bertz CT molecular complexity index is 406. The molecule has 0 unspecified atom stereocenters. The molecule has 3 N–H and O–H groups in total. The summed E-state index contributed by atoms with van der Waals surface area (Å²) in [6.07, 6.45) is 1.06. The van der Waals surface area contributed by atoms with Gasteiger partial charge in [0.25, 0.3) is 0 Å². The maximum Gasteiger partial charge on any atom is 0.315 e. The molecule has 0 aliphatic heterocycles. The smallest absolute Gasteiger partial charge is 0.315 e.